The second-order valence-electron chi connectivity index (χ2n) is 6.56. The first kappa shape index (κ1) is 16.7. The van der Waals surface area contributed by atoms with Gasteiger partial charge in [0.1, 0.15) is 10.7 Å². The second-order valence-corrected chi connectivity index (χ2v) is 7.76. The largest absolute Gasteiger partial charge is 0.375 e. The smallest absolute Gasteiger partial charge is 0.259 e. The summed E-state index contributed by atoms with van der Waals surface area (Å²) in [5.41, 5.74) is 3.31. The SMILES string of the molecule is Cc1sc2nc(C(C)Nc3ccc(C(C)C)cc3)[nH]c(=O)c2c1C. The molecule has 3 rings (SSSR count). The number of nitrogens with zero attached hydrogens (tertiary/aromatic N) is 1. The summed E-state index contributed by atoms with van der Waals surface area (Å²) in [7, 11) is 0. The van der Waals surface area contributed by atoms with Crippen LogP contribution in [0.1, 0.15) is 54.6 Å². The Morgan fingerprint density at radius 3 is 2.42 bits per heavy atom. The zero-order valence-electron chi connectivity index (χ0n) is 14.7. The van der Waals surface area contributed by atoms with Gasteiger partial charge in [0.15, 0.2) is 0 Å². The number of aromatic nitrogens is 2. The molecule has 5 heteroatoms. The zero-order chi connectivity index (χ0) is 17.4. The van der Waals surface area contributed by atoms with Crippen molar-refractivity contribution in [3.8, 4) is 0 Å². The van der Waals surface area contributed by atoms with E-state index in [4.69, 9.17) is 0 Å². The van der Waals surface area contributed by atoms with Crippen molar-refractivity contribution in [2.45, 2.75) is 46.6 Å². The van der Waals surface area contributed by atoms with Gasteiger partial charge in [-0.1, -0.05) is 26.0 Å². The number of hydrogen-bond acceptors (Lipinski definition) is 4. The lowest BCUT2D eigenvalue weighted by molar-refractivity contribution is 0.792. The average molecular weight is 341 g/mol. The predicted octanol–water partition coefficient (Wildman–Crippen LogP) is 4.90. The maximum Gasteiger partial charge on any atom is 0.259 e. The Morgan fingerprint density at radius 1 is 1.12 bits per heavy atom. The van der Waals surface area contributed by atoms with E-state index < -0.39 is 0 Å². The summed E-state index contributed by atoms with van der Waals surface area (Å²) >= 11 is 1.58. The fourth-order valence-electron chi connectivity index (χ4n) is 2.76. The predicted molar refractivity (Wildman–Crippen MR) is 102 cm³/mol. The summed E-state index contributed by atoms with van der Waals surface area (Å²) in [5, 5.41) is 4.13. The third-order valence-electron chi connectivity index (χ3n) is 4.43. The normalized spacial score (nSPS) is 12.8. The molecule has 0 aliphatic carbocycles. The van der Waals surface area contributed by atoms with Crippen LogP contribution >= 0.6 is 11.3 Å². The number of aromatic amines is 1. The van der Waals surface area contributed by atoms with Gasteiger partial charge in [0.05, 0.1) is 11.4 Å². The van der Waals surface area contributed by atoms with Crippen molar-refractivity contribution in [1.29, 1.82) is 0 Å². The van der Waals surface area contributed by atoms with Crippen LogP contribution in [0.5, 0.6) is 0 Å². The highest BCUT2D eigenvalue weighted by Gasteiger charge is 2.15. The van der Waals surface area contributed by atoms with Gasteiger partial charge in [-0.15, -0.1) is 11.3 Å². The van der Waals surface area contributed by atoms with Crippen LogP contribution in [0.3, 0.4) is 0 Å². The Balaban J connectivity index is 1.88. The van der Waals surface area contributed by atoms with E-state index in [1.54, 1.807) is 11.3 Å². The van der Waals surface area contributed by atoms with Crippen LogP contribution in [0.25, 0.3) is 10.2 Å². The number of H-pyrrole nitrogens is 1. The molecule has 0 spiro atoms. The topological polar surface area (TPSA) is 57.8 Å². The van der Waals surface area contributed by atoms with Crippen molar-refractivity contribution in [2.75, 3.05) is 5.32 Å². The van der Waals surface area contributed by atoms with E-state index in [-0.39, 0.29) is 11.6 Å². The minimum atomic E-state index is -0.0743. The van der Waals surface area contributed by atoms with Gasteiger partial charge in [-0.3, -0.25) is 4.79 Å². The Labute approximate surface area is 146 Å². The first-order valence-corrected chi connectivity index (χ1v) is 9.05. The Bertz CT molecular complexity index is 922. The molecule has 126 valence electrons. The molecule has 24 heavy (non-hydrogen) atoms. The minimum Gasteiger partial charge on any atom is -0.375 e. The lowest BCUT2D eigenvalue weighted by atomic mass is 10.0. The van der Waals surface area contributed by atoms with Gasteiger partial charge < -0.3 is 10.3 Å². The number of anilines is 1. The van der Waals surface area contributed by atoms with Crippen molar-refractivity contribution in [3.05, 3.63) is 56.4 Å². The summed E-state index contributed by atoms with van der Waals surface area (Å²) in [6, 6.07) is 8.33. The lowest BCUT2D eigenvalue weighted by Gasteiger charge is -2.15. The fraction of sp³-hybridized carbons (Fsp3) is 0.368. The van der Waals surface area contributed by atoms with Gasteiger partial charge in [-0.25, -0.2) is 4.98 Å². The van der Waals surface area contributed by atoms with Crippen LogP contribution in [0.4, 0.5) is 5.69 Å². The summed E-state index contributed by atoms with van der Waals surface area (Å²) in [6.45, 7) is 10.4. The molecule has 0 fully saturated rings. The van der Waals surface area contributed by atoms with E-state index in [0.29, 0.717) is 11.7 Å². The van der Waals surface area contributed by atoms with E-state index in [0.717, 1.165) is 26.3 Å². The highest BCUT2D eigenvalue weighted by Crippen LogP contribution is 2.27. The molecule has 1 atom stereocenters. The maximum absolute atomic E-state index is 12.4. The molecule has 0 saturated carbocycles. The van der Waals surface area contributed by atoms with E-state index in [2.05, 4.69) is 53.4 Å². The van der Waals surface area contributed by atoms with Gasteiger partial charge in [0.25, 0.3) is 5.56 Å². The Hall–Kier alpha value is -2.14. The van der Waals surface area contributed by atoms with Gasteiger partial charge in [0.2, 0.25) is 0 Å². The van der Waals surface area contributed by atoms with Crippen LogP contribution in [0, 0.1) is 13.8 Å². The highest BCUT2D eigenvalue weighted by molar-refractivity contribution is 7.18. The summed E-state index contributed by atoms with van der Waals surface area (Å²) < 4.78 is 0. The molecule has 0 saturated heterocycles. The van der Waals surface area contributed by atoms with E-state index in [9.17, 15) is 4.79 Å². The van der Waals surface area contributed by atoms with Gasteiger partial charge >= 0.3 is 0 Å². The number of nitrogens with one attached hydrogen (secondary N) is 2. The number of benzene rings is 1. The lowest BCUT2D eigenvalue weighted by Crippen LogP contribution is -2.17. The average Bonchev–Trinajstić information content (AvgIpc) is 2.82. The molecule has 0 radical (unpaired) electrons. The third-order valence-corrected chi connectivity index (χ3v) is 5.53. The molecule has 0 aliphatic rings. The summed E-state index contributed by atoms with van der Waals surface area (Å²) in [4.78, 5) is 21.9. The molecular weight excluding hydrogens is 318 g/mol. The second kappa shape index (κ2) is 6.40. The van der Waals surface area contributed by atoms with Gasteiger partial charge in [-0.2, -0.15) is 0 Å². The fourth-order valence-corrected chi connectivity index (χ4v) is 3.80. The van der Waals surface area contributed by atoms with Crippen LogP contribution in [0.15, 0.2) is 29.1 Å². The molecule has 1 aromatic carbocycles. The van der Waals surface area contributed by atoms with Crippen LogP contribution in [0.2, 0.25) is 0 Å². The first-order chi connectivity index (χ1) is 11.4. The standard InChI is InChI=1S/C19H23N3OS/c1-10(2)14-6-8-15(9-7-14)20-12(4)17-21-18(23)16-11(3)13(5)24-19(16)22-17/h6-10,12,20H,1-5H3,(H,21,22,23). The number of thiophene rings is 1. The Morgan fingerprint density at radius 2 is 1.79 bits per heavy atom. The summed E-state index contributed by atoms with van der Waals surface area (Å²) in [5.74, 6) is 1.18. The molecule has 4 nitrogen and oxygen atoms in total. The molecule has 2 N–H and O–H groups in total. The zero-order valence-corrected chi connectivity index (χ0v) is 15.5. The molecule has 0 bridgehead atoms. The van der Waals surface area contributed by atoms with Gasteiger partial charge in [-0.05, 0) is 49.9 Å². The molecule has 0 aliphatic heterocycles. The van der Waals surface area contributed by atoms with E-state index in [1.165, 1.54) is 5.56 Å². The van der Waals surface area contributed by atoms with Crippen LogP contribution in [-0.4, -0.2) is 9.97 Å². The van der Waals surface area contributed by atoms with Crippen molar-refractivity contribution in [2.24, 2.45) is 0 Å². The number of aryl methyl sites for hydroxylation is 2. The quantitative estimate of drug-likeness (QED) is 0.710. The van der Waals surface area contributed by atoms with Crippen molar-refractivity contribution >= 4 is 27.2 Å². The maximum atomic E-state index is 12.4. The molecule has 2 heterocycles. The van der Waals surface area contributed by atoms with Crippen LogP contribution in [-0.2, 0) is 0 Å². The van der Waals surface area contributed by atoms with Gasteiger partial charge in [0, 0.05) is 10.6 Å². The van der Waals surface area contributed by atoms with Crippen molar-refractivity contribution < 1.29 is 0 Å². The number of rotatable bonds is 4. The molecule has 0 amide bonds. The highest BCUT2D eigenvalue weighted by atomic mass is 32.1. The monoisotopic (exact) mass is 341 g/mol. The Kier molecular flexibility index (Phi) is 4.45. The number of hydrogen-bond donors (Lipinski definition) is 2. The van der Waals surface area contributed by atoms with Crippen molar-refractivity contribution in [3.63, 3.8) is 0 Å². The third kappa shape index (κ3) is 3.08. The first-order valence-electron chi connectivity index (χ1n) is 8.23. The molecular formula is C19H23N3OS. The minimum absolute atomic E-state index is 0.0549. The van der Waals surface area contributed by atoms with E-state index >= 15 is 0 Å². The van der Waals surface area contributed by atoms with Crippen LogP contribution < -0.4 is 10.9 Å². The molecule has 1 unspecified atom stereocenters. The van der Waals surface area contributed by atoms with Crippen molar-refractivity contribution in [1.82, 2.24) is 9.97 Å². The molecule has 3 aromatic rings. The van der Waals surface area contributed by atoms with E-state index in [1.807, 2.05) is 20.8 Å². The molecule has 2 aromatic heterocycles. The number of fused-ring (bicyclic) bond motifs is 1. The summed E-state index contributed by atoms with van der Waals surface area (Å²) in [6.07, 6.45) is 0.